The molecule has 0 bridgehead atoms. The Balaban J connectivity index is 1.70. The van der Waals surface area contributed by atoms with Crippen molar-refractivity contribution in [1.82, 2.24) is 10.4 Å². The van der Waals surface area contributed by atoms with Crippen molar-refractivity contribution in [2.75, 3.05) is 6.54 Å². The van der Waals surface area contributed by atoms with Gasteiger partial charge in [0.05, 0.1) is 6.04 Å². The van der Waals surface area contributed by atoms with Crippen LogP contribution < -0.4 is 5.32 Å². The van der Waals surface area contributed by atoms with Crippen molar-refractivity contribution >= 4 is 29.7 Å². The first-order chi connectivity index (χ1) is 16.2. The summed E-state index contributed by atoms with van der Waals surface area (Å²) in [6.45, 7) is 3.61. The van der Waals surface area contributed by atoms with E-state index in [9.17, 15) is 19.2 Å². The average Bonchev–Trinajstić information content (AvgIpc) is 3.51. The maximum atomic E-state index is 13.0. The van der Waals surface area contributed by atoms with Gasteiger partial charge >= 0.3 is 11.9 Å². The number of furan rings is 1. The Bertz CT molecular complexity index is 1150. The molecule has 9 heteroatoms. The second-order valence-electron chi connectivity index (χ2n) is 7.60. The summed E-state index contributed by atoms with van der Waals surface area (Å²) in [7, 11) is 0. The van der Waals surface area contributed by atoms with E-state index >= 15 is 0 Å². The fraction of sp³-hybridized carbons (Fsp3) is 0.200. The highest BCUT2D eigenvalue weighted by Crippen LogP contribution is 2.14. The molecular formula is C25H24N2O7. The van der Waals surface area contributed by atoms with Crippen molar-refractivity contribution in [3.8, 4) is 0 Å². The van der Waals surface area contributed by atoms with Crippen LogP contribution in [-0.2, 0) is 14.4 Å². The second-order valence-corrected chi connectivity index (χ2v) is 7.60. The second kappa shape index (κ2) is 11.1. The molecule has 0 radical (unpaired) electrons. The molecule has 0 saturated heterocycles. The van der Waals surface area contributed by atoms with Crippen molar-refractivity contribution in [3.05, 3.63) is 89.4 Å². The minimum Gasteiger partial charge on any atom is -0.473 e. The summed E-state index contributed by atoms with van der Waals surface area (Å²) < 4.78 is 5.29. The molecule has 0 aliphatic heterocycles. The standard InChI is InChI=1S/C25H24N2O7/c1-16(15-26-20-5-3-4-6-20)27(34-25(32)24(30)31)23(29)19-11-8-18(9-12-19)10-13-21(28)22-14-7-17(2)33-22/h3-14,16,20,26H,15H2,1-2H3,(H,30,31)/b13-10+. The Morgan fingerprint density at radius 2 is 1.79 bits per heavy atom. The van der Waals surface area contributed by atoms with Gasteiger partial charge in [-0.1, -0.05) is 42.5 Å². The molecule has 0 fully saturated rings. The lowest BCUT2D eigenvalue weighted by atomic mass is 10.1. The van der Waals surface area contributed by atoms with E-state index in [2.05, 4.69) is 5.32 Å². The van der Waals surface area contributed by atoms with Gasteiger partial charge in [-0.3, -0.25) is 9.59 Å². The SMILES string of the molecule is Cc1ccc(C(=O)/C=C/c2ccc(C(=O)N(OC(=O)C(=O)O)C(C)CNC3C=CC=C3)cc2)o1. The van der Waals surface area contributed by atoms with Gasteiger partial charge in [0.15, 0.2) is 5.76 Å². The van der Waals surface area contributed by atoms with Crippen LogP contribution >= 0.6 is 0 Å². The first kappa shape index (κ1) is 24.4. The molecule has 1 aliphatic carbocycles. The third-order valence-corrected chi connectivity index (χ3v) is 4.92. The van der Waals surface area contributed by atoms with Gasteiger partial charge in [-0.15, -0.1) is 0 Å². The Labute approximate surface area is 195 Å². The van der Waals surface area contributed by atoms with E-state index in [1.165, 1.54) is 18.2 Å². The zero-order valence-electron chi connectivity index (χ0n) is 18.6. The van der Waals surface area contributed by atoms with Gasteiger partial charge in [0.2, 0.25) is 5.78 Å². The molecule has 1 aromatic heterocycles. The van der Waals surface area contributed by atoms with Crippen molar-refractivity contribution in [2.24, 2.45) is 0 Å². The molecule has 2 aromatic rings. The summed E-state index contributed by atoms with van der Waals surface area (Å²) in [6.07, 6.45) is 10.5. The Kier molecular flexibility index (Phi) is 7.94. The van der Waals surface area contributed by atoms with Gasteiger partial charge in [0, 0.05) is 18.2 Å². The van der Waals surface area contributed by atoms with E-state index in [-0.39, 0.29) is 29.7 Å². The molecule has 2 N–H and O–H groups in total. The molecule has 1 aromatic carbocycles. The van der Waals surface area contributed by atoms with E-state index in [1.54, 1.807) is 44.2 Å². The molecule has 176 valence electrons. The summed E-state index contributed by atoms with van der Waals surface area (Å²) in [6, 6.07) is 8.80. The van der Waals surface area contributed by atoms with Crippen LogP contribution in [0.3, 0.4) is 0 Å². The van der Waals surface area contributed by atoms with Crippen LogP contribution in [0.15, 0.2) is 71.2 Å². The zero-order chi connectivity index (χ0) is 24.7. The Morgan fingerprint density at radius 1 is 1.12 bits per heavy atom. The van der Waals surface area contributed by atoms with Crippen molar-refractivity contribution in [2.45, 2.75) is 25.9 Å². The van der Waals surface area contributed by atoms with Gasteiger partial charge in [-0.2, -0.15) is 5.06 Å². The van der Waals surface area contributed by atoms with Gasteiger partial charge in [0.1, 0.15) is 5.76 Å². The molecule has 9 nitrogen and oxygen atoms in total. The average molecular weight is 464 g/mol. The van der Waals surface area contributed by atoms with Crippen molar-refractivity contribution < 1.29 is 33.5 Å². The molecule has 0 saturated carbocycles. The summed E-state index contributed by atoms with van der Waals surface area (Å²) >= 11 is 0. The number of ketones is 1. The first-order valence-corrected chi connectivity index (χ1v) is 10.5. The smallest absolute Gasteiger partial charge is 0.441 e. The first-order valence-electron chi connectivity index (χ1n) is 10.5. The molecule has 34 heavy (non-hydrogen) atoms. The predicted molar refractivity (Wildman–Crippen MR) is 123 cm³/mol. The van der Waals surface area contributed by atoms with E-state index in [1.807, 2.05) is 24.3 Å². The van der Waals surface area contributed by atoms with Crippen LogP contribution in [0.2, 0.25) is 0 Å². The number of aliphatic carboxylic acids is 1. The fourth-order valence-corrected chi connectivity index (χ4v) is 3.10. The molecule has 1 amide bonds. The quantitative estimate of drug-likeness (QED) is 0.264. The number of carbonyl (C=O) groups is 4. The lowest BCUT2D eigenvalue weighted by Crippen LogP contribution is -2.47. The number of nitrogens with one attached hydrogen (secondary N) is 1. The number of rotatable bonds is 8. The number of carboxylic acids is 1. The van der Waals surface area contributed by atoms with E-state index in [4.69, 9.17) is 14.4 Å². The van der Waals surface area contributed by atoms with Crippen molar-refractivity contribution in [1.29, 1.82) is 0 Å². The topological polar surface area (TPSA) is 126 Å². The van der Waals surface area contributed by atoms with E-state index in [0.29, 0.717) is 11.3 Å². The highest BCUT2D eigenvalue weighted by molar-refractivity contribution is 6.28. The number of benzene rings is 1. The van der Waals surface area contributed by atoms with Crippen LogP contribution in [-0.4, -0.2) is 52.4 Å². The molecule has 0 spiro atoms. The minimum atomic E-state index is -1.81. The maximum Gasteiger partial charge on any atom is 0.441 e. The number of hydroxylamine groups is 2. The van der Waals surface area contributed by atoms with Gasteiger partial charge < -0.3 is 19.7 Å². The van der Waals surface area contributed by atoms with Gasteiger partial charge in [0.25, 0.3) is 5.91 Å². The summed E-state index contributed by atoms with van der Waals surface area (Å²) in [4.78, 5) is 52.7. The maximum absolute atomic E-state index is 13.0. The number of hydrogen-bond donors (Lipinski definition) is 2. The number of carbonyl (C=O) groups excluding carboxylic acids is 3. The van der Waals surface area contributed by atoms with Gasteiger partial charge in [-0.25, -0.2) is 9.59 Å². The number of aryl methyl sites for hydroxylation is 1. The predicted octanol–water partition coefficient (Wildman–Crippen LogP) is 2.94. The Hall–Kier alpha value is -4.24. The number of allylic oxidation sites excluding steroid dienone is 3. The van der Waals surface area contributed by atoms with Crippen molar-refractivity contribution in [3.63, 3.8) is 0 Å². The Morgan fingerprint density at radius 3 is 2.38 bits per heavy atom. The third-order valence-electron chi connectivity index (χ3n) is 4.92. The van der Waals surface area contributed by atoms with Gasteiger partial charge in [-0.05, 0) is 49.8 Å². The number of nitrogens with zero attached hydrogens (tertiary/aromatic N) is 1. The molecule has 1 heterocycles. The lowest BCUT2D eigenvalue weighted by Gasteiger charge is -2.27. The highest BCUT2D eigenvalue weighted by atomic mass is 16.7. The fourth-order valence-electron chi connectivity index (χ4n) is 3.10. The largest absolute Gasteiger partial charge is 0.473 e. The monoisotopic (exact) mass is 464 g/mol. The summed E-state index contributed by atoms with van der Waals surface area (Å²) in [5.41, 5.74) is 0.826. The molecule has 1 unspecified atom stereocenters. The molecule has 1 aliphatic rings. The number of amides is 1. The van der Waals surface area contributed by atoms with Crippen LogP contribution in [0.1, 0.15) is 39.2 Å². The van der Waals surface area contributed by atoms with Crippen LogP contribution in [0.4, 0.5) is 0 Å². The number of carboxylic acid groups (broad SMARTS) is 1. The molecule has 1 atom stereocenters. The van der Waals surface area contributed by atoms with Crippen LogP contribution in [0.5, 0.6) is 0 Å². The third kappa shape index (κ3) is 6.39. The van der Waals surface area contributed by atoms with Crippen LogP contribution in [0.25, 0.3) is 6.08 Å². The highest BCUT2D eigenvalue weighted by Gasteiger charge is 2.29. The molecule has 3 rings (SSSR count). The minimum absolute atomic E-state index is 0.0338. The summed E-state index contributed by atoms with van der Waals surface area (Å²) in [5.74, 6) is -3.49. The number of hydrogen-bond acceptors (Lipinski definition) is 7. The lowest BCUT2D eigenvalue weighted by molar-refractivity contribution is -0.192. The van der Waals surface area contributed by atoms with Crippen LogP contribution in [0, 0.1) is 6.92 Å². The molecular weight excluding hydrogens is 440 g/mol. The zero-order valence-corrected chi connectivity index (χ0v) is 18.6. The van der Waals surface area contributed by atoms with E-state index < -0.39 is 23.9 Å². The van der Waals surface area contributed by atoms with E-state index in [0.717, 1.165) is 5.06 Å². The normalized spacial score (nSPS) is 13.8. The summed E-state index contributed by atoms with van der Waals surface area (Å²) in [5, 5.41) is 12.8.